The van der Waals surface area contributed by atoms with Crippen LogP contribution < -0.4 is 10.6 Å². The van der Waals surface area contributed by atoms with Gasteiger partial charge in [0.25, 0.3) is 5.91 Å². The number of amides is 1. The van der Waals surface area contributed by atoms with E-state index in [1.165, 1.54) is 0 Å². The lowest BCUT2D eigenvalue weighted by molar-refractivity contribution is 0.0947. The molecule has 0 bridgehead atoms. The minimum atomic E-state index is -0.208. The second-order valence-electron chi connectivity index (χ2n) is 3.96. The summed E-state index contributed by atoms with van der Waals surface area (Å²) in [7, 11) is 1.75. The minimum absolute atomic E-state index is 0.208. The molecule has 2 heterocycles. The molecule has 0 saturated heterocycles. The van der Waals surface area contributed by atoms with Gasteiger partial charge in [0.15, 0.2) is 5.69 Å². The fourth-order valence-electron chi connectivity index (χ4n) is 1.56. The summed E-state index contributed by atoms with van der Waals surface area (Å²) in [5.74, 6) is 0.428. The SMILES string of the molecule is CNc1ccc(C(=O)NCCCn2ccnc2)nn1. The fourth-order valence-corrected chi connectivity index (χ4v) is 1.56. The van der Waals surface area contributed by atoms with Crippen LogP contribution in [-0.4, -0.2) is 39.2 Å². The normalized spacial score (nSPS) is 10.2. The summed E-state index contributed by atoms with van der Waals surface area (Å²) < 4.78 is 1.97. The predicted molar refractivity (Wildman–Crippen MR) is 70.8 cm³/mol. The molecule has 1 amide bonds. The van der Waals surface area contributed by atoms with Gasteiger partial charge < -0.3 is 15.2 Å². The first-order valence-corrected chi connectivity index (χ1v) is 6.05. The van der Waals surface area contributed by atoms with Gasteiger partial charge in [0.1, 0.15) is 5.82 Å². The van der Waals surface area contributed by atoms with Crippen LogP contribution >= 0.6 is 0 Å². The highest BCUT2D eigenvalue weighted by molar-refractivity contribution is 5.92. The summed E-state index contributed by atoms with van der Waals surface area (Å²) in [5.41, 5.74) is 0.321. The van der Waals surface area contributed by atoms with E-state index in [0.717, 1.165) is 13.0 Å². The summed E-state index contributed by atoms with van der Waals surface area (Å²) in [6, 6.07) is 3.36. The van der Waals surface area contributed by atoms with Gasteiger partial charge in [0.05, 0.1) is 6.33 Å². The Bertz CT molecular complexity index is 508. The molecule has 2 aromatic heterocycles. The Balaban J connectivity index is 1.74. The molecule has 2 N–H and O–H groups in total. The Morgan fingerprint density at radius 1 is 1.37 bits per heavy atom. The van der Waals surface area contributed by atoms with Crippen molar-refractivity contribution in [2.75, 3.05) is 18.9 Å². The molecule has 19 heavy (non-hydrogen) atoms. The number of imidazole rings is 1. The van der Waals surface area contributed by atoms with Crippen LogP contribution in [0.1, 0.15) is 16.9 Å². The molecule has 0 spiro atoms. The number of anilines is 1. The number of carbonyl (C=O) groups excluding carboxylic acids is 1. The summed E-state index contributed by atoms with van der Waals surface area (Å²) in [5, 5.41) is 13.3. The number of aryl methyl sites for hydroxylation is 1. The Hall–Kier alpha value is -2.44. The molecule has 0 aliphatic heterocycles. The lowest BCUT2D eigenvalue weighted by atomic mass is 10.3. The zero-order valence-corrected chi connectivity index (χ0v) is 10.7. The van der Waals surface area contributed by atoms with Crippen molar-refractivity contribution < 1.29 is 4.79 Å². The van der Waals surface area contributed by atoms with Gasteiger partial charge in [-0.1, -0.05) is 0 Å². The monoisotopic (exact) mass is 260 g/mol. The molecule has 0 saturated carbocycles. The molecule has 7 heteroatoms. The van der Waals surface area contributed by atoms with Crippen LogP contribution in [0.3, 0.4) is 0 Å². The van der Waals surface area contributed by atoms with Crippen molar-refractivity contribution in [2.45, 2.75) is 13.0 Å². The second-order valence-corrected chi connectivity index (χ2v) is 3.96. The van der Waals surface area contributed by atoms with Crippen LogP contribution in [0.4, 0.5) is 5.82 Å². The Kier molecular flexibility index (Phi) is 4.44. The van der Waals surface area contributed by atoms with Crippen LogP contribution in [-0.2, 0) is 6.54 Å². The van der Waals surface area contributed by atoms with Crippen molar-refractivity contribution in [2.24, 2.45) is 0 Å². The molecule has 0 aromatic carbocycles. The quantitative estimate of drug-likeness (QED) is 0.740. The predicted octanol–water partition coefficient (Wildman–Crippen LogP) is 0.535. The maximum Gasteiger partial charge on any atom is 0.271 e. The van der Waals surface area contributed by atoms with Crippen molar-refractivity contribution in [3.63, 3.8) is 0 Å². The number of nitrogens with zero attached hydrogens (tertiary/aromatic N) is 4. The Morgan fingerprint density at radius 2 is 2.26 bits per heavy atom. The molecule has 0 unspecified atom stereocenters. The number of hydrogen-bond acceptors (Lipinski definition) is 5. The topological polar surface area (TPSA) is 84.7 Å². The van der Waals surface area contributed by atoms with Gasteiger partial charge in [-0.3, -0.25) is 4.79 Å². The first-order chi connectivity index (χ1) is 9.29. The highest BCUT2D eigenvalue weighted by Crippen LogP contribution is 2.00. The number of aromatic nitrogens is 4. The molecule has 2 aromatic rings. The maximum absolute atomic E-state index is 11.8. The molecular weight excluding hydrogens is 244 g/mol. The second kappa shape index (κ2) is 6.48. The van der Waals surface area contributed by atoms with Gasteiger partial charge in [0.2, 0.25) is 0 Å². The Morgan fingerprint density at radius 3 is 2.89 bits per heavy atom. The number of hydrogen-bond donors (Lipinski definition) is 2. The largest absolute Gasteiger partial charge is 0.372 e. The van der Waals surface area contributed by atoms with E-state index in [9.17, 15) is 4.79 Å². The number of rotatable bonds is 6. The summed E-state index contributed by atoms with van der Waals surface area (Å²) in [6.07, 6.45) is 6.22. The molecule has 0 radical (unpaired) electrons. The van der Waals surface area contributed by atoms with Gasteiger partial charge in [-0.05, 0) is 18.6 Å². The molecule has 100 valence electrons. The standard InChI is InChI=1S/C12H16N6O/c1-13-11-4-3-10(16-17-11)12(19)15-5-2-7-18-8-6-14-9-18/h3-4,6,8-9H,2,5,7H2,1H3,(H,13,17)(H,15,19). The van der Waals surface area contributed by atoms with Crippen LogP contribution in [0.15, 0.2) is 30.9 Å². The minimum Gasteiger partial charge on any atom is -0.372 e. The highest BCUT2D eigenvalue weighted by atomic mass is 16.1. The van der Waals surface area contributed by atoms with E-state index >= 15 is 0 Å². The average Bonchev–Trinajstić information content (AvgIpc) is 2.96. The summed E-state index contributed by atoms with van der Waals surface area (Å²) in [4.78, 5) is 15.7. The average molecular weight is 260 g/mol. The van der Waals surface area contributed by atoms with Crippen LogP contribution in [0.25, 0.3) is 0 Å². The summed E-state index contributed by atoms with van der Waals surface area (Å²) in [6.45, 7) is 1.41. The molecule has 0 atom stereocenters. The smallest absolute Gasteiger partial charge is 0.271 e. The van der Waals surface area contributed by atoms with Crippen LogP contribution in [0.2, 0.25) is 0 Å². The van der Waals surface area contributed by atoms with Crippen LogP contribution in [0, 0.1) is 0 Å². The lowest BCUT2D eigenvalue weighted by Crippen LogP contribution is -2.26. The highest BCUT2D eigenvalue weighted by Gasteiger charge is 2.06. The molecule has 0 aliphatic carbocycles. The van der Waals surface area contributed by atoms with Gasteiger partial charge >= 0.3 is 0 Å². The third kappa shape index (κ3) is 3.77. The molecule has 2 rings (SSSR count). The number of carbonyl (C=O) groups is 1. The van der Waals surface area contributed by atoms with Crippen LogP contribution in [0.5, 0.6) is 0 Å². The van der Waals surface area contributed by atoms with E-state index in [2.05, 4.69) is 25.8 Å². The number of nitrogens with one attached hydrogen (secondary N) is 2. The van der Waals surface area contributed by atoms with E-state index in [0.29, 0.717) is 18.1 Å². The van der Waals surface area contributed by atoms with Crippen molar-refractivity contribution in [3.8, 4) is 0 Å². The first-order valence-electron chi connectivity index (χ1n) is 6.05. The van der Waals surface area contributed by atoms with Crippen molar-refractivity contribution in [3.05, 3.63) is 36.5 Å². The third-order valence-corrected chi connectivity index (χ3v) is 2.59. The molecule has 7 nitrogen and oxygen atoms in total. The zero-order chi connectivity index (χ0) is 13.5. The first kappa shape index (κ1) is 13.0. The summed E-state index contributed by atoms with van der Waals surface area (Å²) >= 11 is 0. The van der Waals surface area contributed by atoms with Gasteiger partial charge in [-0.2, -0.15) is 0 Å². The molecular formula is C12H16N6O. The Labute approximate surface area is 111 Å². The van der Waals surface area contributed by atoms with Crippen molar-refractivity contribution >= 4 is 11.7 Å². The van der Waals surface area contributed by atoms with Gasteiger partial charge in [-0.25, -0.2) is 4.98 Å². The van der Waals surface area contributed by atoms with Gasteiger partial charge in [0, 0.05) is 32.5 Å². The van der Waals surface area contributed by atoms with E-state index < -0.39 is 0 Å². The zero-order valence-electron chi connectivity index (χ0n) is 10.7. The maximum atomic E-state index is 11.8. The van der Waals surface area contributed by atoms with E-state index in [4.69, 9.17) is 0 Å². The van der Waals surface area contributed by atoms with E-state index in [1.807, 2.05) is 10.8 Å². The van der Waals surface area contributed by atoms with Crippen molar-refractivity contribution in [1.29, 1.82) is 0 Å². The molecule has 0 fully saturated rings. The fraction of sp³-hybridized carbons (Fsp3) is 0.333. The third-order valence-electron chi connectivity index (χ3n) is 2.59. The molecule has 0 aliphatic rings. The lowest BCUT2D eigenvalue weighted by Gasteiger charge is -2.05. The van der Waals surface area contributed by atoms with Crippen molar-refractivity contribution in [1.82, 2.24) is 25.1 Å². The van der Waals surface area contributed by atoms with Gasteiger partial charge in [-0.15, -0.1) is 10.2 Å². The van der Waals surface area contributed by atoms with E-state index in [-0.39, 0.29) is 5.91 Å². The van der Waals surface area contributed by atoms with E-state index in [1.54, 1.807) is 31.7 Å².